The minimum atomic E-state index is 0.199. The number of carbonyl (C=O) groups is 1. The predicted octanol–water partition coefficient (Wildman–Crippen LogP) is 4.82. The maximum atomic E-state index is 13.5. The summed E-state index contributed by atoms with van der Waals surface area (Å²) in [6.07, 6.45) is 8.48. The molecule has 1 saturated carbocycles. The number of nitrogens with zero attached hydrogens (tertiary/aromatic N) is 5. The van der Waals surface area contributed by atoms with Gasteiger partial charge < -0.3 is 4.90 Å². The molecule has 0 bridgehead atoms. The van der Waals surface area contributed by atoms with Crippen LogP contribution in [-0.4, -0.2) is 43.1 Å². The van der Waals surface area contributed by atoms with Crippen LogP contribution >= 0.6 is 0 Å². The Labute approximate surface area is 194 Å². The monoisotopic (exact) mass is 439 g/mol. The molecule has 0 N–H and O–H groups in total. The van der Waals surface area contributed by atoms with E-state index in [4.69, 9.17) is 5.10 Å². The van der Waals surface area contributed by atoms with Crippen LogP contribution in [0.4, 0.5) is 0 Å². The molecule has 0 radical (unpaired) electrons. The molecule has 2 aromatic heterocycles. The van der Waals surface area contributed by atoms with Crippen LogP contribution in [0.15, 0.2) is 67.0 Å². The Bertz CT molecular complexity index is 1240. The fourth-order valence-corrected chi connectivity index (χ4v) is 4.90. The third-order valence-electron chi connectivity index (χ3n) is 6.66. The molecule has 1 aliphatic carbocycles. The Balaban J connectivity index is 1.34. The minimum Gasteiger partial charge on any atom is -0.338 e. The second kappa shape index (κ2) is 9.53. The normalized spacial score (nSPS) is 14.1. The van der Waals surface area contributed by atoms with Crippen molar-refractivity contribution in [3.8, 4) is 11.4 Å². The van der Waals surface area contributed by atoms with Crippen molar-refractivity contribution in [1.82, 2.24) is 24.6 Å². The summed E-state index contributed by atoms with van der Waals surface area (Å²) in [4.78, 5) is 24.3. The van der Waals surface area contributed by atoms with Gasteiger partial charge in [0.1, 0.15) is 5.82 Å². The van der Waals surface area contributed by atoms with E-state index >= 15 is 0 Å². The fraction of sp³-hybridized carbons (Fsp3) is 0.333. The summed E-state index contributed by atoms with van der Waals surface area (Å²) < 4.78 is 1.92. The molecule has 2 heterocycles. The summed E-state index contributed by atoms with van der Waals surface area (Å²) in [6.45, 7) is 3.26. The molecule has 168 valence electrons. The van der Waals surface area contributed by atoms with E-state index in [0.29, 0.717) is 31.4 Å². The van der Waals surface area contributed by atoms with Gasteiger partial charge in [-0.05, 0) is 48.2 Å². The van der Waals surface area contributed by atoms with Crippen LogP contribution in [0.25, 0.3) is 22.2 Å². The van der Waals surface area contributed by atoms with E-state index in [9.17, 15) is 4.79 Å². The highest BCUT2D eigenvalue weighted by Crippen LogP contribution is 2.26. The van der Waals surface area contributed by atoms with Crippen LogP contribution in [-0.2, 0) is 17.8 Å². The molecular formula is C27H29N5O. The number of rotatable bonds is 7. The first-order valence-corrected chi connectivity index (χ1v) is 11.8. The molecule has 1 amide bonds. The zero-order valence-corrected chi connectivity index (χ0v) is 19.0. The Morgan fingerprint density at radius 1 is 1.03 bits per heavy atom. The molecular weight excluding hydrogens is 410 g/mol. The highest BCUT2D eigenvalue weighted by molar-refractivity contribution is 5.90. The Hall–Kier alpha value is -3.54. The number of fused-ring (bicyclic) bond motifs is 1. The number of hydrogen-bond donors (Lipinski definition) is 0. The van der Waals surface area contributed by atoms with E-state index in [1.54, 1.807) is 12.4 Å². The molecule has 1 fully saturated rings. The van der Waals surface area contributed by atoms with Gasteiger partial charge in [0.25, 0.3) is 0 Å². The topological polar surface area (TPSA) is 63.9 Å². The average Bonchev–Trinajstić information content (AvgIpc) is 3.50. The van der Waals surface area contributed by atoms with Crippen molar-refractivity contribution in [1.29, 1.82) is 0 Å². The second-order valence-corrected chi connectivity index (χ2v) is 8.78. The van der Waals surface area contributed by atoms with Crippen molar-refractivity contribution in [3.63, 3.8) is 0 Å². The highest BCUT2D eigenvalue weighted by Gasteiger charge is 2.27. The van der Waals surface area contributed by atoms with Gasteiger partial charge in [0.15, 0.2) is 5.82 Å². The molecule has 1 aliphatic rings. The molecule has 5 rings (SSSR count). The summed E-state index contributed by atoms with van der Waals surface area (Å²) >= 11 is 0. The van der Waals surface area contributed by atoms with Crippen LogP contribution in [0.1, 0.15) is 37.1 Å². The molecule has 33 heavy (non-hydrogen) atoms. The molecule has 0 unspecified atom stereocenters. The van der Waals surface area contributed by atoms with Gasteiger partial charge >= 0.3 is 0 Å². The number of aromatic nitrogens is 4. The molecule has 6 nitrogen and oxygen atoms in total. The van der Waals surface area contributed by atoms with Crippen molar-refractivity contribution in [2.45, 2.75) is 51.6 Å². The number of amides is 1. The number of carbonyl (C=O) groups excluding carboxylic acids is 1. The lowest BCUT2D eigenvalue weighted by molar-refractivity contribution is -0.132. The number of pyridine rings is 1. The van der Waals surface area contributed by atoms with Crippen molar-refractivity contribution < 1.29 is 4.79 Å². The van der Waals surface area contributed by atoms with Crippen LogP contribution in [0.3, 0.4) is 0 Å². The van der Waals surface area contributed by atoms with E-state index in [-0.39, 0.29) is 5.91 Å². The zero-order chi connectivity index (χ0) is 22.6. The third-order valence-corrected chi connectivity index (χ3v) is 6.66. The van der Waals surface area contributed by atoms with E-state index in [1.165, 1.54) is 18.2 Å². The van der Waals surface area contributed by atoms with Crippen molar-refractivity contribution in [3.05, 3.63) is 78.4 Å². The predicted molar refractivity (Wildman–Crippen MR) is 130 cm³/mol. The maximum Gasteiger partial charge on any atom is 0.227 e. The van der Waals surface area contributed by atoms with Gasteiger partial charge in [0.2, 0.25) is 5.91 Å². The van der Waals surface area contributed by atoms with E-state index in [1.807, 2.05) is 41.9 Å². The van der Waals surface area contributed by atoms with Crippen LogP contribution in [0, 0.1) is 6.92 Å². The maximum absolute atomic E-state index is 13.5. The molecule has 0 aliphatic heterocycles. The standard InChI is InChI=1S/C27H29N5O/c1-20-29-27(22-13-15-28-16-14-22)30-32(20)18-17-31(24-10-3-4-11-24)26(33)19-23-9-6-8-21-7-2-5-12-25(21)23/h2,5-9,12-16,24H,3-4,10-11,17-19H2,1H3. The van der Waals surface area contributed by atoms with Crippen LogP contribution in [0.5, 0.6) is 0 Å². The van der Waals surface area contributed by atoms with E-state index in [2.05, 4.69) is 39.1 Å². The lowest BCUT2D eigenvalue weighted by atomic mass is 10.0. The number of hydrogen-bond acceptors (Lipinski definition) is 4. The fourth-order valence-electron chi connectivity index (χ4n) is 4.90. The Kier molecular flexibility index (Phi) is 6.15. The van der Waals surface area contributed by atoms with Gasteiger partial charge in [-0.15, -0.1) is 0 Å². The summed E-state index contributed by atoms with van der Waals surface area (Å²) in [7, 11) is 0. The number of benzene rings is 2. The van der Waals surface area contributed by atoms with Gasteiger partial charge in [-0.1, -0.05) is 55.3 Å². The highest BCUT2D eigenvalue weighted by atomic mass is 16.2. The first-order valence-electron chi connectivity index (χ1n) is 11.8. The van der Waals surface area contributed by atoms with E-state index < -0.39 is 0 Å². The van der Waals surface area contributed by atoms with Crippen molar-refractivity contribution in [2.24, 2.45) is 0 Å². The van der Waals surface area contributed by atoms with Gasteiger partial charge in [-0.25, -0.2) is 9.67 Å². The van der Waals surface area contributed by atoms with Gasteiger partial charge in [0, 0.05) is 30.5 Å². The van der Waals surface area contributed by atoms with E-state index in [0.717, 1.165) is 35.2 Å². The smallest absolute Gasteiger partial charge is 0.227 e. The summed E-state index contributed by atoms with van der Waals surface area (Å²) in [5.41, 5.74) is 2.05. The third kappa shape index (κ3) is 4.65. The Morgan fingerprint density at radius 2 is 1.79 bits per heavy atom. The summed E-state index contributed by atoms with van der Waals surface area (Å²) in [5, 5.41) is 7.04. The zero-order valence-electron chi connectivity index (χ0n) is 19.0. The summed E-state index contributed by atoms with van der Waals surface area (Å²) in [6, 6.07) is 18.7. The minimum absolute atomic E-state index is 0.199. The second-order valence-electron chi connectivity index (χ2n) is 8.78. The van der Waals surface area contributed by atoms with Crippen LogP contribution in [0.2, 0.25) is 0 Å². The van der Waals surface area contributed by atoms with Gasteiger partial charge in [-0.2, -0.15) is 5.10 Å². The van der Waals surface area contributed by atoms with Gasteiger partial charge in [-0.3, -0.25) is 9.78 Å². The van der Waals surface area contributed by atoms with Gasteiger partial charge in [0.05, 0.1) is 13.0 Å². The van der Waals surface area contributed by atoms with Crippen LogP contribution < -0.4 is 0 Å². The number of aryl methyl sites for hydroxylation is 1. The SMILES string of the molecule is Cc1nc(-c2ccncc2)nn1CCN(C(=O)Cc1cccc2ccccc12)C1CCCC1. The molecule has 0 saturated heterocycles. The largest absolute Gasteiger partial charge is 0.338 e. The van der Waals surface area contributed by atoms with Crippen molar-refractivity contribution >= 4 is 16.7 Å². The molecule has 6 heteroatoms. The molecule has 0 atom stereocenters. The van der Waals surface area contributed by atoms with Crippen molar-refractivity contribution in [2.75, 3.05) is 6.54 Å². The lowest BCUT2D eigenvalue weighted by Crippen LogP contribution is -2.42. The summed E-state index contributed by atoms with van der Waals surface area (Å²) in [5.74, 6) is 1.75. The Morgan fingerprint density at radius 3 is 2.61 bits per heavy atom. The average molecular weight is 440 g/mol. The first kappa shape index (κ1) is 21.3. The molecule has 4 aromatic rings. The molecule has 2 aromatic carbocycles. The lowest BCUT2D eigenvalue weighted by Gasteiger charge is -2.29. The quantitative estimate of drug-likeness (QED) is 0.414. The first-order chi connectivity index (χ1) is 16.2. The molecule has 0 spiro atoms.